The molecule has 2 aromatic heterocycles. The SMILES string of the molecule is CCCCCn1cc(-c2cc(Cl)ncn2)cn1. The predicted molar refractivity (Wildman–Crippen MR) is 67.8 cm³/mol. The normalized spacial score (nSPS) is 10.7. The summed E-state index contributed by atoms with van der Waals surface area (Å²) in [5.74, 6) is 0. The van der Waals surface area contributed by atoms with E-state index in [0.29, 0.717) is 5.15 Å². The van der Waals surface area contributed by atoms with Crippen molar-refractivity contribution in [3.8, 4) is 11.3 Å². The quantitative estimate of drug-likeness (QED) is 0.605. The number of hydrogen-bond acceptors (Lipinski definition) is 3. The molecule has 0 atom stereocenters. The van der Waals surface area contributed by atoms with Crippen molar-refractivity contribution in [2.24, 2.45) is 0 Å². The zero-order chi connectivity index (χ0) is 12.1. The van der Waals surface area contributed by atoms with E-state index < -0.39 is 0 Å². The summed E-state index contributed by atoms with van der Waals surface area (Å²) in [6.45, 7) is 3.14. The van der Waals surface area contributed by atoms with E-state index in [1.54, 1.807) is 6.07 Å². The van der Waals surface area contributed by atoms with Crippen LogP contribution in [0.25, 0.3) is 11.3 Å². The maximum Gasteiger partial charge on any atom is 0.133 e. The van der Waals surface area contributed by atoms with E-state index in [9.17, 15) is 0 Å². The van der Waals surface area contributed by atoms with Crippen molar-refractivity contribution in [1.29, 1.82) is 0 Å². The number of hydrogen-bond donors (Lipinski definition) is 0. The van der Waals surface area contributed by atoms with Gasteiger partial charge in [0.05, 0.1) is 11.9 Å². The molecule has 0 saturated heterocycles. The monoisotopic (exact) mass is 250 g/mol. The molecule has 0 N–H and O–H groups in total. The van der Waals surface area contributed by atoms with Gasteiger partial charge in [-0.1, -0.05) is 31.4 Å². The van der Waals surface area contributed by atoms with Gasteiger partial charge in [-0.3, -0.25) is 4.68 Å². The molecular weight excluding hydrogens is 236 g/mol. The van der Waals surface area contributed by atoms with Crippen LogP contribution < -0.4 is 0 Å². The molecule has 0 unspecified atom stereocenters. The van der Waals surface area contributed by atoms with Crippen LogP contribution in [-0.2, 0) is 6.54 Å². The van der Waals surface area contributed by atoms with Crippen LogP contribution in [0.15, 0.2) is 24.8 Å². The second kappa shape index (κ2) is 5.77. The Morgan fingerprint density at radius 3 is 2.94 bits per heavy atom. The number of nitrogens with zero attached hydrogens (tertiary/aromatic N) is 4. The van der Waals surface area contributed by atoms with Gasteiger partial charge in [-0.25, -0.2) is 9.97 Å². The first-order valence-electron chi connectivity index (χ1n) is 5.80. The first-order chi connectivity index (χ1) is 8.29. The average Bonchev–Trinajstić information content (AvgIpc) is 2.78. The van der Waals surface area contributed by atoms with Crippen LogP contribution >= 0.6 is 11.6 Å². The molecule has 2 rings (SSSR count). The van der Waals surface area contributed by atoms with E-state index in [1.807, 2.05) is 17.1 Å². The molecule has 17 heavy (non-hydrogen) atoms. The molecule has 90 valence electrons. The standard InChI is InChI=1S/C12H15ClN4/c1-2-3-4-5-17-8-10(7-16-17)11-6-12(13)15-9-14-11/h6-9H,2-5H2,1H3. The minimum Gasteiger partial charge on any atom is -0.272 e. The molecule has 0 radical (unpaired) electrons. The molecule has 0 aromatic carbocycles. The van der Waals surface area contributed by atoms with Crippen LogP contribution in [0.1, 0.15) is 26.2 Å². The lowest BCUT2D eigenvalue weighted by Crippen LogP contribution is -1.97. The summed E-state index contributed by atoms with van der Waals surface area (Å²) in [5.41, 5.74) is 1.79. The number of aryl methyl sites for hydroxylation is 1. The molecule has 0 amide bonds. The van der Waals surface area contributed by atoms with E-state index >= 15 is 0 Å². The van der Waals surface area contributed by atoms with Crippen LogP contribution in [0.4, 0.5) is 0 Å². The third-order valence-corrected chi connectivity index (χ3v) is 2.76. The summed E-state index contributed by atoms with van der Waals surface area (Å²) in [6.07, 6.45) is 8.87. The van der Waals surface area contributed by atoms with Crippen LogP contribution in [0, 0.1) is 0 Å². The van der Waals surface area contributed by atoms with Gasteiger partial charge < -0.3 is 0 Å². The molecule has 0 bridgehead atoms. The van der Waals surface area contributed by atoms with E-state index in [1.165, 1.54) is 19.2 Å². The first kappa shape index (κ1) is 12.0. The highest BCUT2D eigenvalue weighted by Gasteiger charge is 2.04. The Bertz CT molecular complexity index is 481. The van der Waals surface area contributed by atoms with E-state index in [2.05, 4.69) is 22.0 Å². The topological polar surface area (TPSA) is 43.6 Å². The van der Waals surface area contributed by atoms with Crippen molar-refractivity contribution < 1.29 is 0 Å². The second-order valence-corrected chi connectivity index (χ2v) is 4.31. The summed E-state index contributed by atoms with van der Waals surface area (Å²) in [6, 6.07) is 1.74. The Balaban J connectivity index is 2.07. The highest BCUT2D eigenvalue weighted by molar-refractivity contribution is 6.29. The zero-order valence-corrected chi connectivity index (χ0v) is 10.6. The van der Waals surface area contributed by atoms with Crippen LogP contribution in [-0.4, -0.2) is 19.7 Å². The minimum atomic E-state index is 0.453. The Labute approximate surface area is 106 Å². The highest BCUT2D eigenvalue weighted by Crippen LogP contribution is 2.17. The highest BCUT2D eigenvalue weighted by atomic mass is 35.5. The van der Waals surface area contributed by atoms with Gasteiger partial charge in [-0.05, 0) is 6.42 Å². The molecule has 5 heteroatoms. The van der Waals surface area contributed by atoms with Crippen molar-refractivity contribution in [3.63, 3.8) is 0 Å². The van der Waals surface area contributed by atoms with Crippen molar-refractivity contribution >= 4 is 11.6 Å². The van der Waals surface area contributed by atoms with E-state index in [-0.39, 0.29) is 0 Å². The molecular formula is C12H15ClN4. The average molecular weight is 251 g/mol. The number of rotatable bonds is 5. The molecule has 0 aliphatic heterocycles. The van der Waals surface area contributed by atoms with E-state index in [0.717, 1.165) is 24.2 Å². The molecule has 4 nitrogen and oxygen atoms in total. The van der Waals surface area contributed by atoms with Crippen LogP contribution in [0.3, 0.4) is 0 Å². The van der Waals surface area contributed by atoms with Gasteiger partial charge in [-0.2, -0.15) is 5.10 Å². The maximum atomic E-state index is 5.83. The fraction of sp³-hybridized carbons (Fsp3) is 0.417. The van der Waals surface area contributed by atoms with Gasteiger partial charge in [0.25, 0.3) is 0 Å². The van der Waals surface area contributed by atoms with Gasteiger partial charge in [0, 0.05) is 24.4 Å². The van der Waals surface area contributed by atoms with Crippen molar-refractivity contribution in [2.75, 3.05) is 0 Å². The Hall–Kier alpha value is -1.42. The number of aromatic nitrogens is 4. The largest absolute Gasteiger partial charge is 0.272 e. The summed E-state index contributed by atoms with van der Waals surface area (Å²) >= 11 is 5.83. The van der Waals surface area contributed by atoms with Crippen molar-refractivity contribution in [3.05, 3.63) is 29.9 Å². The van der Waals surface area contributed by atoms with Crippen LogP contribution in [0.2, 0.25) is 5.15 Å². The van der Waals surface area contributed by atoms with Crippen LogP contribution in [0.5, 0.6) is 0 Å². The summed E-state index contributed by atoms with van der Waals surface area (Å²) < 4.78 is 1.95. The second-order valence-electron chi connectivity index (χ2n) is 3.93. The lowest BCUT2D eigenvalue weighted by atomic mass is 10.2. The lowest BCUT2D eigenvalue weighted by molar-refractivity contribution is 0.553. The van der Waals surface area contributed by atoms with Crippen molar-refractivity contribution in [1.82, 2.24) is 19.7 Å². The lowest BCUT2D eigenvalue weighted by Gasteiger charge is -1.99. The first-order valence-corrected chi connectivity index (χ1v) is 6.17. The fourth-order valence-corrected chi connectivity index (χ4v) is 1.78. The Morgan fingerprint density at radius 2 is 2.18 bits per heavy atom. The summed E-state index contributed by atoms with van der Waals surface area (Å²) in [4.78, 5) is 8.03. The van der Waals surface area contributed by atoms with Crippen molar-refractivity contribution in [2.45, 2.75) is 32.7 Å². The predicted octanol–water partition coefficient (Wildman–Crippen LogP) is 3.18. The number of halogens is 1. The Kier molecular flexibility index (Phi) is 4.09. The molecule has 0 aliphatic carbocycles. The van der Waals surface area contributed by atoms with Gasteiger partial charge in [0.1, 0.15) is 11.5 Å². The molecule has 2 aromatic rings. The molecule has 0 fully saturated rings. The summed E-state index contributed by atoms with van der Waals surface area (Å²) in [7, 11) is 0. The van der Waals surface area contributed by atoms with Gasteiger partial charge >= 0.3 is 0 Å². The third kappa shape index (κ3) is 3.27. The molecule has 0 aliphatic rings. The van der Waals surface area contributed by atoms with E-state index in [4.69, 9.17) is 11.6 Å². The molecule has 2 heterocycles. The smallest absolute Gasteiger partial charge is 0.133 e. The van der Waals surface area contributed by atoms with Gasteiger partial charge in [-0.15, -0.1) is 0 Å². The summed E-state index contributed by atoms with van der Waals surface area (Å²) in [5, 5.41) is 4.76. The van der Waals surface area contributed by atoms with Gasteiger partial charge in [0.15, 0.2) is 0 Å². The molecule has 0 spiro atoms. The minimum absolute atomic E-state index is 0.453. The fourth-order valence-electron chi connectivity index (χ4n) is 1.63. The van der Waals surface area contributed by atoms with Gasteiger partial charge in [0.2, 0.25) is 0 Å². The zero-order valence-electron chi connectivity index (χ0n) is 9.80. The number of unbranched alkanes of at least 4 members (excludes halogenated alkanes) is 2. The maximum absolute atomic E-state index is 5.83. The third-order valence-electron chi connectivity index (χ3n) is 2.55. The molecule has 0 saturated carbocycles. The Morgan fingerprint density at radius 1 is 1.29 bits per heavy atom.